The van der Waals surface area contributed by atoms with Gasteiger partial charge < -0.3 is 15.1 Å². The van der Waals surface area contributed by atoms with E-state index in [4.69, 9.17) is 4.42 Å². The summed E-state index contributed by atoms with van der Waals surface area (Å²) in [4.78, 5) is 16.8. The fraction of sp³-hybridized carbons (Fsp3) is 0.412. The Morgan fingerprint density at radius 3 is 2.74 bits per heavy atom. The van der Waals surface area contributed by atoms with E-state index >= 15 is 0 Å². The second-order valence-corrected chi connectivity index (χ2v) is 6.32. The average Bonchev–Trinajstić information content (AvgIpc) is 3.17. The summed E-state index contributed by atoms with van der Waals surface area (Å²) in [5.41, 5.74) is 3.20. The van der Waals surface area contributed by atoms with Crippen LogP contribution in [0.3, 0.4) is 0 Å². The van der Waals surface area contributed by atoms with Gasteiger partial charge in [-0.2, -0.15) is 0 Å². The Hall–Kier alpha value is -2.16. The fourth-order valence-corrected chi connectivity index (χ4v) is 3.26. The van der Waals surface area contributed by atoms with Gasteiger partial charge in [0.05, 0.1) is 11.7 Å². The molecule has 8 nitrogen and oxygen atoms in total. The van der Waals surface area contributed by atoms with Crippen molar-refractivity contribution in [1.29, 1.82) is 0 Å². The number of rotatable bonds is 3. The summed E-state index contributed by atoms with van der Waals surface area (Å²) < 4.78 is 7.38. The number of piperidine rings is 1. The van der Waals surface area contributed by atoms with Crippen LogP contribution in [0.2, 0.25) is 0 Å². The van der Waals surface area contributed by atoms with Crippen LogP contribution in [-0.4, -0.2) is 39.0 Å². The zero-order valence-electron chi connectivity index (χ0n) is 15.1. The van der Waals surface area contributed by atoms with Crippen molar-refractivity contribution < 1.29 is 9.21 Å². The quantitative estimate of drug-likeness (QED) is 0.685. The minimum Gasteiger partial charge on any atom is -0.441 e. The van der Waals surface area contributed by atoms with Gasteiger partial charge in [-0.25, -0.2) is 9.67 Å². The summed E-state index contributed by atoms with van der Waals surface area (Å²) in [6.07, 6.45) is 1.99. The molecule has 2 N–H and O–H groups in total. The zero-order valence-corrected chi connectivity index (χ0v) is 16.7. The van der Waals surface area contributed by atoms with Crippen LogP contribution in [0.15, 0.2) is 22.6 Å². The molecule has 0 saturated carbocycles. The molecule has 2 aromatic heterocycles. The van der Waals surface area contributed by atoms with Crippen LogP contribution in [0.5, 0.6) is 0 Å². The van der Waals surface area contributed by atoms with Gasteiger partial charge in [0.15, 0.2) is 17.2 Å². The Labute approximate surface area is 168 Å². The van der Waals surface area contributed by atoms with E-state index in [0.29, 0.717) is 28.9 Å². The first kappa shape index (κ1) is 21.1. The average molecular weight is 413 g/mol. The highest BCUT2D eigenvalue weighted by Crippen LogP contribution is 2.22. The lowest BCUT2D eigenvalue weighted by Crippen LogP contribution is -2.30. The van der Waals surface area contributed by atoms with Gasteiger partial charge >= 0.3 is 0 Å². The zero-order chi connectivity index (χ0) is 17.4. The fourth-order valence-electron chi connectivity index (χ4n) is 3.26. The highest BCUT2D eigenvalue weighted by atomic mass is 35.5. The SMILES string of the molecule is Cc1nc2ccc(NC(=O)c3nnn(C4CCNCC4)c3C)cc2o1.Cl.Cl. The summed E-state index contributed by atoms with van der Waals surface area (Å²) in [5, 5.41) is 14.5. The third kappa shape index (κ3) is 4.23. The molecule has 1 aliphatic heterocycles. The van der Waals surface area contributed by atoms with Crippen LogP contribution in [0, 0.1) is 13.8 Å². The molecule has 1 aliphatic rings. The Morgan fingerprint density at radius 2 is 2.00 bits per heavy atom. The third-order valence-electron chi connectivity index (χ3n) is 4.55. The Morgan fingerprint density at radius 1 is 1.26 bits per heavy atom. The van der Waals surface area contributed by atoms with Crippen molar-refractivity contribution in [2.24, 2.45) is 0 Å². The summed E-state index contributed by atoms with van der Waals surface area (Å²) in [6, 6.07) is 5.68. The number of aryl methyl sites for hydroxylation is 1. The van der Waals surface area contributed by atoms with Gasteiger partial charge in [0.25, 0.3) is 5.91 Å². The molecule has 1 amide bonds. The number of aromatic nitrogens is 4. The van der Waals surface area contributed by atoms with Crippen LogP contribution in [-0.2, 0) is 0 Å². The van der Waals surface area contributed by atoms with Gasteiger partial charge in [-0.1, -0.05) is 5.21 Å². The molecular weight excluding hydrogens is 391 g/mol. The topological polar surface area (TPSA) is 97.9 Å². The molecule has 1 aromatic carbocycles. The maximum atomic E-state index is 12.6. The van der Waals surface area contributed by atoms with E-state index in [1.807, 2.05) is 17.7 Å². The van der Waals surface area contributed by atoms with Crippen molar-refractivity contribution in [2.75, 3.05) is 18.4 Å². The van der Waals surface area contributed by atoms with Crippen molar-refractivity contribution in [2.45, 2.75) is 32.7 Å². The second kappa shape index (κ2) is 8.69. The molecule has 0 radical (unpaired) electrons. The lowest BCUT2D eigenvalue weighted by molar-refractivity contribution is 0.102. The van der Waals surface area contributed by atoms with E-state index in [-0.39, 0.29) is 30.7 Å². The molecule has 3 aromatic rings. The predicted octanol–water partition coefficient (Wildman–Crippen LogP) is 3.06. The number of benzene rings is 1. The monoisotopic (exact) mass is 412 g/mol. The lowest BCUT2D eigenvalue weighted by atomic mass is 10.1. The van der Waals surface area contributed by atoms with Crippen molar-refractivity contribution in [3.8, 4) is 0 Å². The van der Waals surface area contributed by atoms with E-state index in [9.17, 15) is 4.79 Å². The van der Waals surface area contributed by atoms with E-state index in [1.165, 1.54) is 0 Å². The van der Waals surface area contributed by atoms with Gasteiger partial charge in [-0.05, 0) is 45.0 Å². The van der Waals surface area contributed by atoms with Gasteiger partial charge in [0, 0.05) is 18.7 Å². The van der Waals surface area contributed by atoms with E-state index in [1.54, 1.807) is 19.1 Å². The van der Waals surface area contributed by atoms with Crippen molar-refractivity contribution in [1.82, 2.24) is 25.3 Å². The molecule has 0 atom stereocenters. The molecule has 1 fully saturated rings. The van der Waals surface area contributed by atoms with Crippen molar-refractivity contribution in [3.05, 3.63) is 35.5 Å². The standard InChI is InChI=1S/C17H20N6O2.2ClH/c1-10-16(21-22-23(10)13-5-7-18-8-6-13)17(24)20-12-3-4-14-15(9-12)25-11(2)19-14;;/h3-4,9,13,18H,5-8H2,1-2H3,(H,20,24);2*1H. The first-order chi connectivity index (χ1) is 12.1. The molecule has 0 spiro atoms. The number of hydrogen-bond acceptors (Lipinski definition) is 6. The first-order valence-corrected chi connectivity index (χ1v) is 8.43. The Kier molecular flexibility index (Phi) is 6.80. The third-order valence-corrected chi connectivity index (χ3v) is 4.55. The number of nitrogens with zero attached hydrogens (tertiary/aromatic N) is 4. The summed E-state index contributed by atoms with van der Waals surface area (Å²) in [5.74, 6) is 0.326. The Bertz CT molecular complexity index is 933. The smallest absolute Gasteiger partial charge is 0.278 e. The number of oxazole rings is 1. The van der Waals surface area contributed by atoms with Crippen LogP contribution in [0.4, 0.5) is 5.69 Å². The molecule has 0 bridgehead atoms. The summed E-state index contributed by atoms with van der Waals surface area (Å²) >= 11 is 0. The van der Waals surface area contributed by atoms with E-state index in [0.717, 1.165) is 37.1 Å². The van der Waals surface area contributed by atoms with Crippen LogP contribution in [0.1, 0.15) is 41.0 Å². The molecule has 0 aliphatic carbocycles. The number of anilines is 1. The van der Waals surface area contributed by atoms with E-state index in [2.05, 4.69) is 25.9 Å². The molecule has 10 heteroatoms. The van der Waals surface area contributed by atoms with Crippen molar-refractivity contribution >= 4 is 47.5 Å². The minimum absolute atomic E-state index is 0. The van der Waals surface area contributed by atoms with Crippen LogP contribution in [0.25, 0.3) is 11.1 Å². The Balaban J connectivity index is 0.00000131. The van der Waals surface area contributed by atoms with Gasteiger partial charge in [0.2, 0.25) is 0 Å². The highest BCUT2D eigenvalue weighted by Gasteiger charge is 2.23. The predicted molar refractivity (Wildman–Crippen MR) is 107 cm³/mol. The maximum Gasteiger partial charge on any atom is 0.278 e. The first-order valence-electron chi connectivity index (χ1n) is 8.43. The second-order valence-electron chi connectivity index (χ2n) is 6.32. The molecular formula is C17H22Cl2N6O2. The van der Waals surface area contributed by atoms with Gasteiger partial charge in [0.1, 0.15) is 5.52 Å². The van der Waals surface area contributed by atoms with E-state index < -0.39 is 0 Å². The van der Waals surface area contributed by atoms with Crippen LogP contribution >= 0.6 is 24.8 Å². The number of fused-ring (bicyclic) bond motifs is 1. The largest absolute Gasteiger partial charge is 0.441 e. The summed E-state index contributed by atoms with van der Waals surface area (Å²) in [6.45, 7) is 5.60. The molecule has 146 valence electrons. The van der Waals surface area contributed by atoms with Gasteiger partial charge in [-0.3, -0.25) is 4.79 Å². The number of nitrogens with one attached hydrogen (secondary N) is 2. The molecule has 1 saturated heterocycles. The van der Waals surface area contributed by atoms with Gasteiger partial charge in [-0.15, -0.1) is 29.9 Å². The number of amides is 1. The highest BCUT2D eigenvalue weighted by molar-refractivity contribution is 6.04. The molecule has 4 rings (SSSR count). The number of hydrogen-bond donors (Lipinski definition) is 2. The molecule has 0 unspecified atom stereocenters. The normalized spacial score (nSPS) is 14.4. The van der Waals surface area contributed by atoms with Crippen LogP contribution < -0.4 is 10.6 Å². The molecule has 27 heavy (non-hydrogen) atoms. The lowest BCUT2D eigenvalue weighted by Gasteiger charge is -2.23. The number of carbonyl (C=O) groups excluding carboxylic acids is 1. The molecule has 3 heterocycles. The minimum atomic E-state index is -0.270. The maximum absolute atomic E-state index is 12.6. The van der Waals surface area contributed by atoms with Crippen molar-refractivity contribution in [3.63, 3.8) is 0 Å². The number of carbonyl (C=O) groups is 1. The summed E-state index contributed by atoms with van der Waals surface area (Å²) in [7, 11) is 0. The number of halogens is 2.